The molecule has 0 aromatic heterocycles. The number of halogens is 1. The normalized spacial score (nSPS) is 10.5. The molecule has 0 saturated heterocycles. The van der Waals surface area contributed by atoms with Crippen molar-refractivity contribution in [2.45, 2.75) is 13.1 Å². The van der Waals surface area contributed by atoms with E-state index in [-0.39, 0.29) is 5.82 Å². The summed E-state index contributed by atoms with van der Waals surface area (Å²) in [5.41, 5.74) is 2.59. The number of hydrogen-bond donors (Lipinski definition) is 1. The molecule has 2 aromatic carbocycles. The number of methoxy groups -OCH3 is 1. The molecule has 4 heteroatoms. The summed E-state index contributed by atoms with van der Waals surface area (Å²) >= 11 is 0. The largest absolute Gasteiger partial charge is 0.496 e. The van der Waals surface area contributed by atoms with Crippen molar-refractivity contribution < 1.29 is 9.13 Å². The van der Waals surface area contributed by atoms with Gasteiger partial charge in [-0.2, -0.15) is 0 Å². The number of ether oxygens (including phenoxy) is 1. The zero-order chi connectivity index (χ0) is 15.2. The lowest BCUT2D eigenvalue weighted by molar-refractivity contribution is 0.409. The van der Waals surface area contributed by atoms with E-state index in [4.69, 9.17) is 4.74 Å². The Kier molecular flexibility index (Phi) is 5.17. The highest BCUT2D eigenvalue weighted by Gasteiger charge is 2.14. The van der Waals surface area contributed by atoms with E-state index in [1.807, 2.05) is 49.3 Å². The Morgan fingerprint density at radius 2 is 1.81 bits per heavy atom. The van der Waals surface area contributed by atoms with Gasteiger partial charge in [0.15, 0.2) is 0 Å². The number of nitrogens with one attached hydrogen (secondary N) is 1. The van der Waals surface area contributed by atoms with Crippen LogP contribution in [0.1, 0.15) is 11.1 Å². The quantitative estimate of drug-likeness (QED) is 0.883. The molecular weight excluding hydrogens is 267 g/mol. The van der Waals surface area contributed by atoms with Crippen LogP contribution in [0.2, 0.25) is 0 Å². The molecule has 21 heavy (non-hydrogen) atoms. The van der Waals surface area contributed by atoms with Crippen molar-refractivity contribution in [3.05, 3.63) is 59.4 Å². The van der Waals surface area contributed by atoms with Crippen molar-refractivity contribution in [2.24, 2.45) is 0 Å². The molecule has 3 nitrogen and oxygen atoms in total. The summed E-state index contributed by atoms with van der Waals surface area (Å²) in [5, 5.41) is 3.07. The molecule has 2 rings (SSSR count). The first-order valence-corrected chi connectivity index (χ1v) is 6.92. The van der Waals surface area contributed by atoms with Gasteiger partial charge in [0, 0.05) is 25.7 Å². The minimum absolute atomic E-state index is 0.208. The lowest BCUT2D eigenvalue weighted by Crippen LogP contribution is -2.21. The number of anilines is 1. The van der Waals surface area contributed by atoms with Crippen LogP contribution in [0.4, 0.5) is 10.1 Å². The lowest BCUT2D eigenvalue weighted by atomic mass is 10.1. The molecule has 0 bridgehead atoms. The van der Waals surface area contributed by atoms with E-state index in [9.17, 15) is 4.39 Å². The second-order valence-electron chi connectivity index (χ2n) is 4.95. The Morgan fingerprint density at radius 1 is 1.10 bits per heavy atom. The summed E-state index contributed by atoms with van der Waals surface area (Å²) in [6.07, 6.45) is 0. The molecule has 0 fully saturated rings. The number of rotatable bonds is 6. The van der Waals surface area contributed by atoms with Crippen LogP contribution >= 0.6 is 0 Å². The van der Waals surface area contributed by atoms with Gasteiger partial charge >= 0.3 is 0 Å². The molecule has 0 heterocycles. The first kappa shape index (κ1) is 15.3. The van der Waals surface area contributed by atoms with Crippen LogP contribution in [0.25, 0.3) is 0 Å². The maximum atomic E-state index is 14.2. The fraction of sp³-hybridized carbons (Fsp3) is 0.294. The van der Waals surface area contributed by atoms with Gasteiger partial charge in [0.25, 0.3) is 0 Å². The molecule has 0 saturated carbocycles. The molecular formula is C17H21FN2O. The SMILES string of the molecule is CNCc1cccc(F)c1N(C)Cc1ccccc1OC. The van der Waals surface area contributed by atoms with Gasteiger partial charge in [0.2, 0.25) is 0 Å². The average Bonchev–Trinajstić information content (AvgIpc) is 2.48. The highest BCUT2D eigenvalue weighted by molar-refractivity contribution is 5.55. The van der Waals surface area contributed by atoms with Crippen LogP contribution in [-0.2, 0) is 13.1 Å². The Bertz CT molecular complexity index is 601. The van der Waals surface area contributed by atoms with Crippen molar-refractivity contribution in [3.63, 3.8) is 0 Å². The van der Waals surface area contributed by atoms with Gasteiger partial charge in [-0.05, 0) is 24.7 Å². The molecule has 2 aromatic rings. The zero-order valence-corrected chi connectivity index (χ0v) is 12.7. The van der Waals surface area contributed by atoms with Gasteiger partial charge in [-0.3, -0.25) is 0 Å². The standard InChI is InChI=1S/C17H21FN2O/c1-19-11-13-8-6-9-15(18)17(13)20(2)12-14-7-4-5-10-16(14)21-3/h4-10,19H,11-12H2,1-3H3. The molecule has 0 atom stereocenters. The second kappa shape index (κ2) is 7.09. The molecule has 0 unspecified atom stereocenters. The first-order valence-electron chi connectivity index (χ1n) is 6.92. The third-order valence-electron chi connectivity index (χ3n) is 3.42. The van der Waals surface area contributed by atoms with E-state index in [0.29, 0.717) is 18.8 Å². The van der Waals surface area contributed by atoms with E-state index < -0.39 is 0 Å². The van der Waals surface area contributed by atoms with Crippen LogP contribution in [0.3, 0.4) is 0 Å². The molecule has 0 amide bonds. The van der Waals surface area contributed by atoms with Crippen LogP contribution in [0.5, 0.6) is 5.75 Å². The number of benzene rings is 2. The topological polar surface area (TPSA) is 24.5 Å². The Labute approximate surface area is 125 Å². The van der Waals surface area contributed by atoms with E-state index in [0.717, 1.165) is 16.9 Å². The third kappa shape index (κ3) is 3.52. The summed E-state index contributed by atoms with van der Waals surface area (Å²) in [6.45, 7) is 1.21. The molecule has 0 aliphatic carbocycles. The fourth-order valence-corrected chi connectivity index (χ4v) is 2.49. The van der Waals surface area contributed by atoms with E-state index in [1.54, 1.807) is 13.2 Å². The number of hydrogen-bond acceptors (Lipinski definition) is 3. The van der Waals surface area contributed by atoms with E-state index >= 15 is 0 Å². The fourth-order valence-electron chi connectivity index (χ4n) is 2.49. The van der Waals surface area contributed by atoms with Crippen molar-refractivity contribution >= 4 is 5.69 Å². The number of para-hydroxylation sites is 2. The number of nitrogens with zero attached hydrogens (tertiary/aromatic N) is 1. The van der Waals surface area contributed by atoms with Gasteiger partial charge in [0.05, 0.1) is 12.8 Å². The van der Waals surface area contributed by atoms with Gasteiger partial charge in [-0.1, -0.05) is 30.3 Å². The van der Waals surface area contributed by atoms with E-state index in [1.165, 1.54) is 6.07 Å². The smallest absolute Gasteiger partial charge is 0.146 e. The zero-order valence-electron chi connectivity index (χ0n) is 12.7. The Balaban J connectivity index is 2.30. The van der Waals surface area contributed by atoms with Gasteiger partial charge in [0.1, 0.15) is 11.6 Å². The highest BCUT2D eigenvalue weighted by Crippen LogP contribution is 2.27. The van der Waals surface area contributed by atoms with E-state index in [2.05, 4.69) is 5.32 Å². The van der Waals surface area contributed by atoms with Crippen LogP contribution in [0, 0.1) is 5.82 Å². The molecule has 0 spiro atoms. The van der Waals surface area contributed by atoms with Crippen molar-refractivity contribution in [1.82, 2.24) is 5.32 Å². The summed E-state index contributed by atoms with van der Waals surface area (Å²) in [6, 6.07) is 13.0. The van der Waals surface area contributed by atoms with Gasteiger partial charge in [-0.15, -0.1) is 0 Å². The summed E-state index contributed by atoms with van der Waals surface area (Å²) in [5.74, 6) is 0.607. The molecule has 0 radical (unpaired) electrons. The van der Waals surface area contributed by atoms with Gasteiger partial charge < -0.3 is 15.0 Å². The monoisotopic (exact) mass is 288 g/mol. The summed E-state index contributed by atoms with van der Waals surface area (Å²) in [4.78, 5) is 1.92. The molecule has 1 N–H and O–H groups in total. The summed E-state index contributed by atoms with van der Waals surface area (Å²) < 4.78 is 19.6. The van der Waals surface area contributed by atoms with Crippen LogP contribution in [-0.4, -0.2) is 21.2 Å². The summed E-state index contributed by atoms with van der Waals surface area (Å²) in [7, 11) is 5.40. The minimum atomic E-state index is -0.208. The predicted octanol–water partition coefficient (Wildman–Crippen LogP) is 3.19. The average molecular weight is 288 g/mol. The molecule has 0 aliphatic rings. The van der Waals surface area contributed by atoms with Crippen LogP contribution in [0.15, 0.2) is 42.5 Å². The lowest BCUT2D eigenvalue weighted by Gasteiger charge is -2.24. The maximum absolute atomic E-state index is 14.2. The van der Waals surface area contributed by atoms with Crippen LogP contribution < -0.4 is 15.0 Å². The highest BCUT2D eigenvalue weighted by atomic mass is 19.1. The van der Waals surface area contributed by atoms with Crippen molar-refractivity contribution in [3.8, 4) is 5.75 Å². The molecule has 112 valence electrons. The van der Waals surface area contributed by atoms with Gasteiger partial charge in [-0.25, -0.2) is 4.39 Å². The minimum Gasteiger partial charge on any atom is -0.496 e. The Hall–Kier alpha value is -2.07. The van der Waals surface area contributed by atoms with Crippen molar-refractivity contribution in [2.75, 3.05) is 26.1 Å². The second-order valence-corrected chi connectivity index (χ2v) is 4.95. The predicted molar refractivity (Wildman–Crippen MR) is 84.3 cm³/mol. The van der Waals surface area contributed by atoms with Crippen molar-refractivity contribution in [1.29, 1.82) is 0 Å². The third-order valence-corrected chi connectivity index (χ3v) is 3.42. The maximum Gasteiger partial charge on any atom is 0.146 e. The Morgan fingerprint density at radius 3 is 2.52 bits per heavy atom. The first-order chi connectivity index (χ1) is 10.2. The molecule has 0 aliphatic heterocycles.